The molecule has 0 radical (unpaired) electrons. The van der Waals surface area contributed by atoms with E-state index in [9.17, 15) is 28.6 Å². The van der Waals surface area contributed by atoms with E-state index in [0.717, 1.165) is 0 Å². The molecule has 3 rings (SSSR count). The second kappa shape index (κ2) is 8.23. The predicted molar refractivity (Wildman–Crippen MR) is 98.7 cm³/mol. The van der Waals surface area contributed by atoms with Crippen molar-refractivity contribution in [2.45, 2.75) is 31.3 Å². The van der Waals surface area contributed by atoms with Gasteiger partial charge in [0.2, 0.25) is 0 Å². The van der Waals surface area contributed by atoms with Crippen LogP contribution in [-0.4, -0.2) is 62.5 Å². The Bertz CT molecular complexity index is 1120. The molecule has 1 fully saturated rings. The Morgan fingerprint density at radius 3 is 2.52 bits per heavy atom. The van der Waals surface area contributed by atoms with Gasteiger partial charge in [-0.2, -0.15) is 8.62 Å². The van der Waals surface area contributed by atoms with E-state index in [1.807, 2.05) is 0 Å². The van der Waals surface area contributed by atoms with Gasteiger partial charge in [0.25, 0.3) is 0 Å². The summed E-state index contributed by atoms with van der Waals surface area (Å²) in [7, 11) is -16.6. The van der Waals surface area contributed by atoms with Crippen LogP contribution in [0.1, 0.15) is 19.6 Å². The molecule has 20 heteroatoms. The number of ether oxygens (including phenoxy) is 1. The van der Waals surface area contributed by atoms with Gasteiger partial charge >= 0.3 is 23.5 Å². The highest BCUT2D eigenvalue weighted by molar-refractivity contribution is 7.66. The minimum Gasteiger partial charge on any atom is -0.390 e. The van der Waals surface area contributed by atoms with E-state index in [4.69, 9.17) is 20.3 Å². The smallest absolute Gasteiger partial charge is 0.390 e. The molecule has 174 valence electrons. The van der Waals surface area contributed by atoms with Crippen LogP contribution in [0.4, 0.5) is 5.82 Å². The molecule has 1 saturated heterocycles. The van der Waals surface area contributed by atoms with E-state index in [-0.39, 0.29) is 12.2 Å². The van der Waals surface area contributed by atoms with Gasteiger partial charge in [0, 0.05) is 6.42 Å². The highest BCUT2D eigenvalue weighted by Crippen LogP contribution is 2.66. The number of nitrogens with zero attached hydrogens (tertiary/aromatic N) is 4. The van der Waals surface area contributed by atoms with Gasteiger partial charge in [0.15, 0.2) is 11.5 Å². The number of hydrogen-bond donors (Lipinski definition) is 6. The SMILES string of the molecule is C[C@]1(COP(=O)(O)OP(=O)(O)OP(=O)(O)O)O[C@@H](n2cnc3c(N)ncnc32)C[C@@H]1O. The summed E-state index contributed by atoms with van der Waals surface area (Å²) in [6.45, 7) is 0.503. The normalized spacial score (nSPS) is 28.5. The zero-order valence-electron chi connectivity index (χ0n) is 15.5. The lowest BCUT2D eigenvalue weighted by Crippen LogP contribution is -2.40. The van der Waals surface area contributed by atoms with Crippen molar-refractivity contribution in [1.82, 2.24) is 19.5 Å². The quantitative estimate of drug-likeness (QED) is 0.254. The molecule has 31 heavy (non-hydrogen) atoms. The molecule has 5 atom stereocenters. The summed E-state index contributed by atoms with van der Waals surface area (Å²) in [5.41, 5.74) is 4.72. The Morgan fingerprint density at radius 2 is 1.87 bits per heavy atom. The summed E-state index contributed by atoms with van der Waals surface area (Å²) in [6, 6.07) is 0. The maximum Gasteiger partial charge on any atom is 0.490 e. The number of aliphatic hydroxyl groups excluding tert-OH is 1. The second-order valence-corrected chi connectivity index (χ2v) is 11.0. The largest absolute Gasteiger partial charge is 0.490 e. The molecule has 7 N–H and O–H groups in total. The summed E-state index contributed by atoms with van der Waals surface area (Å²) in [5.74, 6) is 0.123. The molecule has 1 aliphatic rings. The molecule has 3 heterocycles. The number of imidazole rings is 1. The number of hydrogen-bond acceptors (Lipinski definition) is 12. The fourth-order valence-electron chi connectivity index (χ4n) is 2.77. The monoisotopic (exact) mass is 505 g/mol. The predicted octanol–water partition coefficient (Wildman–Crippen LogP) is -0.210. The standard InChI is InChI=1S/C11H18N5O12P3/c1-11(3-25-30(21,22)28-31(23,24)27-29(18,19)20)6(17)2-7(26-11)16-5-15-8-9(12)13-4-14-10(8)16/h4-7,17H,2-3H2,1H3,(H,21,22)(H,23,24)(H2,12,13,14)(H2,18,19,20)/t6-,7+,11+/m0/s1. The van der Waals surface area contributed by atoms with Crippen molar-refractivity contribution in [3.05, 3.63) is 12.7 Å². The van der Waals surface area contributed by atoms with Crippen LogP contribution in [0.3, 0.4) is 0 Å². The van der Waals surface area contributed by atoms with Gasteiger partial charge in [-0.3, -0.25) is 9.09 Å². The lowest BCUT2D eigenvalue weighted by molar-refractivity contribution is -0.113. The van der Waals surface area contributed by atoms with Crippen LogP contribution in [0.25, 0.3) is 11.2 Å². The fraction of sp³-hybridized carbons (Fsp3) is 0.545. The number of aromatic nitrogens is 4. The molecule has 0 amide bonds. The minimum atomic E-state index is -5.66. The number of anilines is 1. The summed E-state index contributed by atoms with van der Waals surface area (Å²) in [6.07, 6.45) is 0.438. The minimum absolute atomic E-state index is 0.0222. The van der Waals surface area contributed by atoms with E-state index < -0.39 is 48.0 Å². The molecular weight excluding hydrogens is 487 g/mol. The van der Waals surface area contributed by atoms with E-state index in [0.29, 0.717) is 11.2 Å². The van der Waals surface area contributed by atoms with Crippen molar-refractivity contribution >= 4 is 40.4 Å². The first kappa shape index (κ1) is 24.3. The van der Waals surface area contributed by atoms with Gasteiger partial charge in [-0.1, -0.05) is 0 Å². The summed E-state index contributed by atoms with van der Waals surface area (Å²) >= 11 is 0. The zero-order valence-corrected chi connectivity index (χ0v) is 18.2. The Kier molecular flexibility index (Phi) is 6.46. The van der Waals surface area contributed by atoms with Gasteiger partial charge in [-0.05, 0) is 6.92 Å². The Morgan fingerprint density at radius 1 is 1.19 bits per heavy atom. The molecule has 17 nitrogen and oxygen atoms in total. The van der Waals surface area contributed by atoms with E-state index in [1.165, 1.54) is 24.1 Å². The molecule has 0 spiro atoms. The van der Waals surface area contributed by atoms with Gasteiger partial charge < -0.3 is 35.2 Å². The summed E-state index contributed by atoms with van der Waals surface area (Å²) < 4.78 is 53.0. The first-order valence-electron chi connectivity index (χ1n) is 8.18. The molecule has 0 bridgehead atoms. The van der Waals surface area contributed by atoms with Crippen molar-refractivity contribution in [2.75, 3.05) is 12.3 Å². The van der Waals surface area contributed by atoms with E-state index in [2.05, 4.69) is 28.1 Å². The van der Waals surface area contributed by atoms with E-state index >= 15 is 0 Å². The van der Waals surface area contributed by atoms with Crippen LogP contribution in [0.5, 0.6) is 0 Å². The number of phosphoric ester groups is 1. The van der Waals surface area contributed by atoms with Crippen LogP contribution in [0.2, 0.25) is 0 Å². The first-order valence-corrected chi connectivity index (χ1v) is 12.7. The number of phosphoric acid groups is 3. The van der Waals surface area contributed by atoms with Crippen molar-refractivity contribution in [1.29, 1.82) is 0 Å². The number of nitrogens with two attached hydrogens (primary N) is 1. The molecule has 0 aliphatic carbocycles. The number of rotatable bonds is 8. The second-order valence-electron chi connectivity index (χ2n) is 6.58. The van der Waals surface area contributed by atoms with Crippen LogP contribution in [0, 0.1) is 0 Å². The van der Waals surface area contributed by atoms with Gasteiger partial charge in [0.1, 0.15) is 23.7 Å². The van der Waals surface area contributed by atoms with Gasteiger partial charge in [-0.15, -0.1) is 0 Å². The molecule has 1 aliphatic heterocycles. The highest BCUT2D eigenvalue weighted by Gasteiger charge is 2.48. The third-order valence-corrected chi connectivity index (χ3v) is 7.95. The molecule has 2 unspecified atom stereocenters. The van der Waals surface area contributed by atoms with Crippen LogP contribution >= 0.6 is 23.5 Å². The fourth-order valence-corrected chi connectivity index (χ4v) is 5.89. The van der Waals surface area contributed by atoms with E-state index in [1.54, 1.807) is 0 Å². The van der Waals surface area contributed by atoms with Crippen molar-refractivity contribution in [3.63, 3.8) is 0 Å². The molecule has 0 saturated carbocycles. The summed E-state index contributed by atoms with van der Waals surface area (Å²) in [5, 5.41) is 10.4. The number of nitrogen functional groups attached to an aromatic ring is 1. The molecule has 2 aromatic rings. The molecule has 2 aromatic heterocycles. The summed E-state index contributed by atoms with van der Waals surface area (Å²) in [4.78, 5) is 47.7. The van der Waals surface area contributed by atoms with Crippen LogP contribution in [0.15, 0.2) is 12.7 Å². The van der Waals surface area contributed by atoms with Gasteiger partial charge in [-0.25, -0.2) is 28.6 Å². The number of fused-ring (bicyclic) bond motifs is 1. The average molecular weight is 505 g/mol. The third kappa shape index (κ3) is 5.73. The zero-order chi connectivity index (χ0) is 23.2. The molecule has 0 aromatic carbocycles. The lowest BCUT2D eigenvalue weighted by atomic mass is 10.0. The third-order valence-electron chi connectivity index (χ3n) is 4.16. The highest BCUT2D eigenvalue weighted by atomic mass is 31.3. The maximum atomic E-state index is 11.9. The topological polar surface area (TPSA) is 259 Å². The Balaban J connectivity index is 1.70. The number of aliphatic hydroxyl groups is 1. The Labute approximate surface area is 173 Å². The van der Waals surface area contributed by atoms with Crippen molar-refractivity contribution < 1.29 is 56.3 Å². The Hall–Kier alpha value is -1.32. The average Bonchev–Trinajstić information content (AvgIpc) is 3.13. The van der Waals surface area contributed by atoms with Crippen LogP contribution < -0.4 is 5.73 Å². The van der Waals surface area contributed by atoms with Crippen molar-refractivity contribution in [3.8, 4) is 0 Å². The molecular formula is C11H18N5O12P3. The van der Waals surface area contributed by atoms with Gasteiger partial charge in [0.05, 0.1) is 19.0 Å². The lowest BCUT2D eigenvalue weighted by Gasteiger charge is -2.28. The van der Waals surface area contributed by atoms with Crippen LogP contribution in [-0.2, 0) is 31.6 Å². The maximum absolute atomic E-state index is 11.9. The first-order chi connectivity index (χ1) is 14.1. The van der Waals surface area contributed by atoms with Crippen molar-refractivity contribution in [2.24, 2.45) is 0 Å².